The van der Waals surface area contributed by atoms with Gasteiger partial charge < -0.3 is 15.0 Å². The van der Waals surface area contributed by atoms with Crippen molar-refractivity contribution in [1.82, 2.24) is 4.98 Å². The van der Waals surface area contributed by atoms with Gasteiger partial charge in [-0.3, -0.25) is 4.79 Å². The highest BCUT2D eigenvalue weighted by Gasteiger charge is 2.34. The maximum absolute atomic E-state index is 12.4. The van der Waals surface area contributed by atoms with Crippen molar-refractivity contribution >= 4 is 61.5 Å². The lowest BCUT2D eigenvalue weighted by Crippen LogP contribution is -2.52. The number of hydrogen-bond acceptors (Lipinski definition) is 5. The molecule has 0 saturated carbocycles. The van der Waals surface area contributed by atoms with E-state index < -0.39 is 0 Å². The van der Waals surface area contributed by atoms with Gasteiger partial charge in [-0.15, -0.1) is 0 Å². The first-order chi connectivity index (χ1) is 12.5. The fraction of sp³-hybridized carbons (Fsp3) is 0.222. The molecule has 4 rings (SSSR count). The van der Waals surface area contributed by atoms with Gasteiger partial charge in [-0.2, -0.15) is 0 Å². The van der Waals surface area contributed by atoms with Crippen molar-refractivity contribution in [3.63, 3.8) is 0 Å². The van der Waals surface area contributed by atoms with Gasteiger partial charge in [-0.25, -0.2) is 4.98 Å². The molecule has 0 radical (unpaired) electrons. The summed E-state index contributed by atoms with van der Waals surface area (Å²) >= 11 is 13.5. The first-order valence-electron chi connectivity index (χ1n) is 7.99. The van der Waals surface area contributed by atoms with Crippen LogP contribution < -0.4 is 15.0 Å². The number of amides is 1. The van der Waals surface area contributed by atoms with Crippen molar-refractivity contribution in [3.8, 4) is 5.75 Å². The van der Waals surface area contributed by atoms with E-state index in [9.17, 15) is 4.79 Å². The largest absolute Gasteiger partial charge is 0.497 e. The molecule has 1 aliphatic rings. The standard InChI is InChI=1S/C18H15Cl2N3O2S/c1-25-12-3-5-15-16(7-12)26-18(22-15)23-8-10(9-23)17(24)21-11-2-4-13(19)14(20)6-11/h2-7,10H,8-9H2,1H3,(H,21,24). The summed E-state index contributed by atoms with van der Waals surface area (Å²) in [5, 5.41) is 4.69. The lowest BCUT2D eigenvalue weighted by molar-refractivity contribution is -0.120. The van der Waals surface area contributed by atoms with Gasteiger partial charge in [0.05, 0.1) is 33.3 Å². The molecule has 1 N–H and O–H groups in total. The van der Waals surface area contributed by atoms with E-state index in [1.165, 1.54) is 0 Å². The molecule has 0 bridgehead atoms. The lowest BCUT2D eigenvalue weighted by Gasteiger charge is -2.37. The fourth-order valence-electron chi connectivity index (χ4n) is 2.77. The SMILES string of the molecule is COc1ccc2nc(N3CC(C(=O)Nc4ccc(Cl)c(Cl)c4)C3)sc2c1. The van der Waals surface area contributed by atoms with Gasteiger partial charge in [0.25, 0.3) is 0 Å². The van der Waals surface area contributed by atoms with Crippen LogP contribution in [-0.4, -0.2) is 31.1 Å². The normalized spacial score (nSPS) is 14.3. The predicted molar refractivity (Wildman–Crippen MR) is 107 cm³/mol. The third-order valence-electron chi connectivity index (χ3n) is 4.29. The van der Waals surface area contributed by atoms with Gasteiger partial charge in [0.2, 0.25) is 5.91 Å². The first kappa shape index (κ1) is 17.4. The quantitative estimate of drug-likeness (QED) is 0.681. The van der Waals surface area contributed by atoms with E-state index in [2.05, 4.69) is 15.2 Å². The topological polar surface area (TPSA) is 54.5 Å². The second-order valence-electron chi connectivity index (χ2n) is 6.05. The first-order valence-corrected chi connectivity index (χ1v) is 9.56. The molecule has 1 amide bonds. The number of anilines is 2. The van der Waals surface area contributed by atoms with Crippen molar-refractivity contribution in [3.05, 3.63) is 46.4 Å². The van der Waals surface area contributed by atoms with Crippen molar-refractivity contribution in [1.29, 1.82) is 0 Å². The molecule has 26 heavy (non-hydrogen) atoms. The molecule has 1 fully saturated rings. The van der Waals surface area contributed by atoms with E-state index in [-0.39, 0.29) is 11.8 Å². The molecular formula is C18H15Cl2N3O2S. The lowest BCUT2D eigenvalue weighted by atomic mass is 10.00. The third kappa shape index (κ3) is 3.32. The molecular weight excluding hydrogens is 393 g/mol. The monoisotopic (exact) mass is 407 g/mol. The van der Waals surface area contributed by atoms with Gasteiger partial charge in [0.1, 0.15) is 5.75 Å². The highest BCUT2D eigenvalue weighted by Crippen LogP contribution is 2.35. The van der Waals surface area contributed by atoms with Crippen LogP contribution in [0.2, 0.25) is 10.0 Å². The van der Waals surface area contributed by atoms with Crippen LogP contribution in [0, 0.1) is 5.92 Å². The Hall–Kier alpha value is -2.02. The second-order valence-corrected chi connectivity index (χ2v) is 7.87. The summed E-state index contributed by atoms with van der Waals surface area (Å²) in [5.74, 6) is 0.712. The Labute approximate surface area is 164 Å². The molecule has 0 unspecified atom stereocenters. The Bertz CT molecular complexity index is 986. The minimum atomic E-state index is -0.0778. The number of nitrogens with zero attached hydrogens (tertiary/aromatic N) is 2. The Kier molecular flexibility index (Phi) is 4.65. The van der Waals surface area contributed by atoms with Crippen LogP contribution in [0.25, 0.3) is 10.2 Å². The molecule has 5 nitrogen and oxygen atoms in total. The smallest absolute Gasteiger partial charge is 0.231 e. The summed E-state index contributed by atoms with van der Waals surface area (Å²) in [7, 11) is 1.65. The molecule has 2 heterocycles. The molecule has 134 valence electrons. The molecule has 8 heteroatoms. The minimum absolute atomic E-state index is 0.0255. The molecule has 0 atom stereocenters. The van der Waals surface area contributed by atoms with E-state index >= 15 is 0 Å². The Morgan fingerprint density at radius 1 is 1.23 bits per heavy atom. The number of fused-ring (bicyclic) bond motifs is 1. The predicted octanol–water partition coefficient (Wildman–Crippen LogP) is 4.69. The van der Waals surface area contributed by atoms with Crippen LogP contribution in [0.4, 0.5) is 10.8 Å². The fourth-order valence-corrected chi connectivity index (χ4v) is 4.08. The van der Waals surface area contributed by atoms with Crippen LogP contribution in [0.1, 0.15) is 0 Å². The van der Waals surface area contributed by atoms with Gasteiger partial charge in [0.15, 0.2) is 5.13 Å². The zero-order chi connectivity index (χ0) is 18.3. The van der Waals surface area contributed by atoms with E-state index in [0.29, 0.717) is 28.8 Å². The number of methoxy groups -OCH3 is 1. The van der Waals surface area contributed by atoms with E-state index in [4.69, 9.17) is 27.9 Å². The van der Waals surface area contributed by atoms with E-state index in [1.54, 1.807) is 36.6 Å². The molecule has 0 spiro atoms. The molecule has 1 aliphatic heterocycles. The number of nitrogens with one attached hydrogen (secondary N) is 1. The van der Waals surface area contributed by atoms with Crippen LogP contribution in [0.5, 0.6) is 5.75 Å². The van der Waals surface area contributed by atoms with Crippen LogP contribution in [-0.2, 0) is 4.79 Å². The Balaban J connectivity index is 1.40. The van der Waals surface area contributed by atoms with Crippen LogP contribution >= 0.6 is 34.5 Å². The van der Waals surface area contributed by atoms with Crippen molar-refractivity contribution in [2.45, 2.75) is 0 Å². The van der Waals surface area contributed by atoms with E-state index in [0.717, 1.165) is 21.1 Å². The number of halogens is 2. The summed E-state index contributed by atoms with van der Waals surface area (Å²) in [6.45, 7) is 1.29. The molecule has 2 aromatic carbocycles. The molecule has 3 aromatic rings. The number of thiazole rings is 1. The number of benzene rings is 2. The third-order valence-corrected chi connectivity index (χ3v) is 6.11. The highest BCUT2D eigenvalue weighted by molar-refractivity contribution is 7.22. The maximum Gasteiger partial charge on any atom is 0.231 e. The maximum atomic E-state index is 12.4. The zero-order valence-electron chi connectivity index (χ0n) is 13.8. The minimum Gasteiger partial charge on any atom is -0.497 e. The van der Waals surface area contributed by atoms with Crippen LogP contribution in [0.15, 0.2) is 36.4 Å². The average molecular weight is 408 g/mol. The number of aromatic nitrogens is 1. The summed E-state index contributed by atoms with van der Waals surface area (Å²) in [6.07, 6.45) is 0. The zero-order valence-corrected chi connectivity index (χ0v) is 16.2. The van der Waals surface area contributed by atoms with Gasteiger partial charge in [0, 0.05) is 18.8 Å². The van der Waals surface area contributed by atoms with Gasteiger partial charge in [-0.1, -0.05) is 34.5 Å². The van der Waals surface area contributed by atoms with Gasteiger partial charge >= 0.3 is 0 Å². The molecule has 1 saturated heterocycles. The molecule has 1 aromatic heterocycles. The highest BCUT2D eigenvalue weighted by atomic mass is 35.5. The summed E-state index contributed by atoms with van der Waals surface area (Å²) < 4.78 is 6.32. The second kappa shape index (κ2) is 6.95. The molecule has 0 aliphatic carbocycles. The number of carbonyl (C=O) groups is 1. The Morgan fingerprint density at radius 2 is 2.04 bits per heavy atom. The number of rotatable bonds is 4. The summed E-state index contributed by atoms with van der Waals surface area (Å²) in [4.78, 5) is 19.1. The van der Waals surface area contributed by atoms with Crippen LogP contribution in [0.3, 0.4) is 0 Å². The van der Waals surface area contributed by atoms with Crippen molar-refractivity contribution in [2.24, 2.45) is 5.92 Å². The van der Waals surface area contributed by atoms with Gasteiger partial charge in [-0.05, 0) is 36.4 Å². The van der Waals surface area contributed by atoms with Crippen molar-refractivity contribution in [2.75, 3.05) is 30.4 Å². The number of hydrogen-bond donors (Lipinski definition) is 1. The summed E-state index contributed by atoms with van der Waals surface area (Å²) in [5.41, 5.74) is 1.59. The number of ether oxygens (including phenoxy) is 1. The van der Waals surface area contributed by atoms with Crippen molar-refractivity contribution < 1.29 is 9.53 Å². The number of carbonyl (C=O) groups excluding carboxylic acids is 1. The summed E-state index contributed by atoms with van der Waals surface area (Å²) in [6, 6.07) is 10.9. The van der Waals surface area contributed by atoms with E-state index in [1.807, 2.05) is 18.2 Å². The Morgan fingerprint density at radius 3 is 2.77 bits per heavy atom. The average Bonchev–Trinajstić information content (AvgIpc) is 2.99.